The molecule has 110 valence electrons. The van der Waals surface area contributed by atoms with Gasteiger partial charge in [0.15, 0.2) is 5.76 Å². The second-order valence-corrected chi connectivity index (χ2v) is 4.59. The Labute approximate surface area is 121 Å². The fourth-order valence-corrected chi connectivity index (χ4v) is 1.89. The summed E-state index contributed by atoms with van der Waals surface area (Å²) in [6.07, 6.45) is 1.75. The van der Waals surface area contributed by atoms with E-state index in [4.69, 9.17) is 4.42 Å². The number of benzene rings is 1. The number of fused-ring (bicyclic) bond motifs is 1. The van der Waals surface area contributed by atoms with Gasteiger partial charge in [-0.3, -0.25) is 4.79 Å². The summed E-state index contributed by atoms with van der Waals surface area (Å²) < 4.78 is 5.55. The van der Waals surface area contributed by atoms with Crippen LogP contribution in [0.3, 0.4) is 0 Å². The Morgan fingerprint density at radius 2 is 2.00 bits per heavy atom. The molecule has 5 heteroatoms. The molecule has 1 heterocycles. The summed E-state index contributed by atoms with van der Waals surface area (Å²) in [6.45, 7) is 3.06. The summed E-state index contributed by atoms with van der Waals surface area (Å²) in [7, 11) is 0. The number of aromatic hydroxyl groups is 1. The Kier molecular flexibility index (Phi) is 4.14. The minimum absolute atomic E-state index is 0.0478. The zero-order chi connectivity index (χ0) is 15.6. The molecule has 0 amide bonds. The molecule has 0 spiro atoms. The smallest absolute Gasteiger partial charge is 0.235 e. The fourth-order valence-electron chi connectivity index (χ4n) is 1.89. The van der Waals surface area contributed by atoms with Crippen molar-refractivity contribution in [3.63, 3.8) is 0 Å². The summed E-state index contributed by atoms with van der Waals surface area (Å²) in [5, 5.41) is 29.2. The third-order valence-corrected chi connectivity index (χ3v) is 3.08. The number of rotatable bonds is 3. The summed E-state index contributed by atoms with van der Waals surface area (Å²) in [5.74, 6) is -0.872. The molecule has 0 aliphatic carbocycles. The SMILES string of the molecule is C/C=C(\C=C(\O)C(C)O)c1oc2ccccc2c(=O)c1O. The van der Waals surface area contributed by atoms with Gasteiger partial charge in [0.1, 0.15) is 17.4 Å². The maximum atomic E-state index is 12.1. The molecule has 3 N–H and O–H groups in total. The number of para-hydroxylation sites is 1. The molecule has 2 rings (SSSR count). The molecule has 0 aliphatic rings. The first-order chi connectivity index (χ1) is 9.95. The highest BCUT2D eigenvalue weighted by atomic mass is 16.4. The first-order valence-corrected chi connectivity index (χ1v) is 6.45. The molecule has 1 atom stereocenters. The van der Waals surface area contributed by atoms with Crippen LogP contribution in [0.4, 0.5) is 0 Å². The normalized spacial score (nSPS) is 14.4. The Bertz CT molecular complexity index is 781. The minimum Gasteiger partial charge on any atom is -0.510 e. The van der Waals surface area contributed by atoms with Crippen LogP contribution < -0.4 is 5.43 Å². The first kappa shape index (κ1) is 14.9. The molecule has 0 radical (unpaired) electrons. The summed E-state index contributed by atoms with van der Waals surface area (Å²) in [4.78, 5) is 12.1. The highest BCUT2D eigenvalue weighted by Gasteiger charge is 2.16. The molecule has 1 unspecified atom stereocenters. The zero-order valence-corrected chi connectivity index (χ0v) is 11.7. The van der Waals surface area contributed by atoms with Crippen molar-refractivity contribution < 1.29 is 19.7 Å². The van der Waals surface area contributed by atoms with Crippen LogP contribution in [0, 0.1) is 0 Å². The van der Waals surface area contributed by atoms with E-state index in [0.29, 0.717) is 11.2 Å². The van der Waals surface area contributed by atoms with Gasteiger partial charge in [-0.1, -0.05) is 18.2 Å². The van der Waals surface area contributed by atoms with Crippen LogP contribution in [-0.2, 0) is 0 Å². The number of aliphatic hydroxyl groups excluding tert-OH is 2. The van der Waals surface area contributed by atoms with E-state index in [2.05, 4.69) is 0 Å². The topological polar surface area (TPSA) is 90.9 Å². The van der Waals surface area contributed by atoms with E-state index in [1.54, 1.807) is 37.3 Å². The van der Waals surface area contributed by atoms with Gasteiger partial charge in [0.2, 0.25) is 11.2 Å². The predicted octanol–water partition coefficient (Wildman–Crippen LogP) is 2.72. The number of aliphatic hydroxyl groups is 2. The molecular weight excluding hydrogens is 272 g/mol. The fraction of sp³-hybridized carbons (Fsp3) is 0.188. The van der Waals surface area contributed by atoms with E-state index in [-0.39, 0.29) is 16.9 Å². The molecule has 2 aromatic rings. The lowest BCUT2D eigenvalue weighted by molar-refractivity contribution is 0.170. The summed E-state index contributed by atoms with van der Waals surface area (Å²) in [5.41, 5.74) is 0.0875. The van der Waals surface area contributed by atoms with Gasteiger partial charge in [-0.15, -0.1) is 0 Å². The second-order valence-electron chi connectivity index (χ2n) is 4.59. The van der Waals surface area contributed by atoms with E-state index in [9.17, 15) is 20.1 Å². The van der Waals surface area contributed by atoms with Gasteiger partial charge in [-0.2, -0.15) is 0 Å². The highest BCUT2D eigenvalue weighted by Crippen LogP contribution is 2.28. The maximum absolute atomic E-state index is 12.1. The molecule has 5 nitrogen and oxygen atoms in total. The lowest BCUT2D eigenvalue weighted by Gasteiger charge is -2.08. The Morgan fingerprint density at radius 3 is 2.62 bits per heavy atom. The lowest BCUT2D eigenvalue weighted by atomic mass is 10.1. The first-order valence-electron chi connectivity index (χ1n) is 6.45. The Hall–Kier alpha value is -2.53. The average Bonchev–Trinajstić information content (AvgIpc) is 2.48. The Balaban J connectivity index is 2.69. The van der Waals surface area contributed by atoms with Crippen molar-refractivity contribution in [3.8, 4) is 5.75 Å². The number of hydrogen-bond acceptors (Lipinski definition) is 5. The molecule has 1 aromatic carbocycles. The lowest BCUT2D eigenvalue weighted by Crippen LogP contribution is -2.06. The zero-order valence-electron chi connectivity index (χ0n) is 11.7. The minimum atomic E-state index is -1.06. The standard InChI is InChI=1S/C16H16O5/c1-3-10(8-12(18)9(2)17)16-15(20)14(19)11-6-4-5-7-13(11)21-16/h3-9,17-18,20H,1-2H3/b10-3+,12-8+. The van der Waals surface area contributed by atoms with Gasteiger partial charge in [0.05, 0.1) is 5.39 Å². The molecule has 0 fully saturated rings. The highest BCUT2D eigenvalue weighted by molar-refractivity contribution is 5.83. The second kappa shape index (κ2) is 5.85. The quantitative estimate of drug-likeness (QED) is 0.596. The summed E-state index contributed by atoms with van der Waals surface area (Å²) in [6, 6.07) is 6.56. The van der Waals surface area contributed by atoms with Crippen LogP contribution in [0.5, 0.6) is 5.75 Å². The van der Waals surface area contributed by atoms with Crippen molar-refractivity contribution in [1.82, 2.24) is 0 Å². The monoisotopic (exact) mass is 288 g/mol. The van der Waals surface area contributed by atoms with Gasteiger partial charge in [-0.05, 0) is 32.1 Å². The van der Waals surface area contributed by atoms with E-state index in [1.807, 2.05) is 0 Å². The van der Waals surface area contributed by atoms with Crippen molar-refractivity contribution >= 4 is 16.5 Å². The summed E-state index contributed by atoms with van der Waals surface area (Å²) >= 11 is 0. The van der Waals surface area contributed by atoms with Crippen molar-refractivity contribution in [2.45, 2.75) is 20.0 Å². The van der Waals surface area contributed by atoms with Gasteiger partial charge < -0.3 is 19.7 Å². The van der Waals surface area contributed by atoms with Crippen molar-refractivity contribution in [1.29, 1.82) is 0 Å². The van der Waals surface area contributed by atoms with E-state index in [0.717, 1.165) is 0 Å². The van der Waals surface area contributed by atoms with E-state index < -0.39 is 17.3 Å². The van der Waals surface area contributed by atoms with Crippen LogP contribution in [0.1, 0.15) is 19.6 Å². The van der Waals surface area contributed by atoms with Gasteiger partial charge in [0, 0.05) is 5.57 Å². The largest absolute Gasteiger partial charge is 0.510 e. The Morgan fingerprint density at radius 1 is 1.33 bits per heavy atom. The molecule has 0 saturated heterocycles. The molecule has 0 bridgehead atoms. The van der Waals surface area contributed by atoms with Crippen molar-refractivity contribution in [3.05, 3.63) is 58.2 Å². The van der Waals surface area contributed by atoms with Crippen LogP contribution in [0.25, 0.3) is 16.5 Å². The van der Waals surface area contributed by atoms with Crippen molar-refractivity contribution in [2.24, 2.45) is 0 Å². The molecule has 1 aromatic heterocycles. The molecule has 21 heavy (non-hydrogen) atoms. The van der Waals surface area contributed by atoms with E-state index >= 15 is 0 Å². The molecule has 0 aliphatic heterocycles. The average molecular weight is 288 g/mol. The van der Waals surface area contributed by atoms with Crippen LogP contribution in [-0.4, -0.2) is 21.4 Å². The predicted molar refractivity (Wildman–Crippen MR) is 80.2 cm³/mol. The number of allylic oxidation sites excluding steroid dienone is 3. The third kappa shape index (κ3) is 2.83. The maximum Gasteiger partial charge on any atom is 0.235 e. The number of hydrogen-bond donors (Lipinski definition) is 3. The molecular formula is C16H16O5. The van der Waals surface area contributed by atoms with Crippen molar-refractivity contribution in [2.75, 3.05) is 0 Å². The van der Waals surface area contributed by atoms with Gasteiger partial charge >= 0.3 is 0 Å². The van der Waals surface area contributed by atoms with Crippen LogP contribution in [0.15, 0.2) is 51.4 Å². The third-order valence-electron chi connectivity index (χ3n) is 3.08. The molecule has 0 saturated carbocycles. The van der Waals surface area contributed by atoms with Crippen LogP contribution >= 0.6 is 0 Å². The van der Waals surface area contributed by atoms with Gasteiger partial charge in [-0.25, -0.2) is 0 Å². The van der Waals surface area contributed by atoms with Crippen LogP contribution in [0.2, 0.25) is 0 Å². The van der Waals surface area contributed by atoms with Gasteiger partial charge in [0.25, 0.3) is 0 Å². The van der Waals surface area contributed by atoms with E-state index in [1.165, 1.54) is 13.0 Å².